The summed E-state index contributed by atoms with van der Waals surface area (Å²) < 4.78 is 0. The van der Waals surface area contributed by atoms with Gasteiger partial charge in [-0.05, 0) is 37.1 Å². The number of hydrogen-bond donors (Lipinski definition) is 1. The van der Waals surface area contributed by atoms with E-state index in [2.05, 4.69) is 32.6 Å². The van der Waals surface area contributed by atoms with Crippen molar-refractivity contribution in [2.24, 2.45) is 17.3 Å². The van der Waals surface area contributed by atoms with Gasteiger partial charge in [-0.15, -0.1) is 0 Å². The third-order valence-electron chi connectivity index (χ3n) is 4.71. The molecule has 0 heterocycles. The van der Waals surface area contributed by atoms with Gasteiger partial charge in [0.25, 0.3) is 0 Å². The van der Waals surface area contributed by atoms with Crippen LogP contribution in [0.3, 0.4) is 0 Å². The Balaban J connectivity index is 2.59. The fourth-order valence-electron chi connectivity index (χ4n) is 3.21. The van der Waals surface area contributed by atoms with Crippen LogP contribution in [-0.2, 0) is 4.79 Å². The Bertz CT molecular complexity index is 296. The maximum atomic E-state index is 12.2. The van der Waals surface area contributed by atoms with Crippen LogP contribution in [0.4, 0.5) is 0 Å². The van der Waals surface area contributed by atoms with Gasteiger partial charge in [0.1, 0.15) is 5.78 Å². The summed E-state index contributed by atoms with van der Waals surface area (Å²) in [5.74, 6) is 1.26. The molecule has 0 aliphatic heterocycles. The zero-order chi connectivity index (χ0) is 15.2. The first kappa shape index (κ1) is 17.6. The number of hydrogen-bond acceptors (Lipinski definition) is 3. The van der Waals surface area contributed by atoms with Gasteiger partial charge < -0.3 is 10.0 Å². The van der Waals surface area contributed by atoms with Crippen molar-refractivity contribution in [3.8, 4) is 0 Å². The third kappa shape index (κ3) is 5.53. The van der Waals surface area contributed by atoms with Gasteiger partial charge in [0.2, 0.25) is 0 Å². The van der Waals surface area contributed by atoms with Crippen molar-refractivity contribution >= 4 is 5.78 Å². The molecule has 118 valence electrons. The minimum atomic E-state index is 0.177. The SMILES string of the molecule is CCCCN(CCO)CC1CC(C(C)(C)C)CCC1=O. The van der Waals surface area contributed by atoms with Crippen molar-refractivity contribution in [3.63, 3.8) is 0 Å². The van der Waals surface area contributed by atoms with Crippen molar-refractivity contribution < 1.29 is 9.90 Å². The van der Waals surface area contributed by atoms with E-state index in [-0.39, 0.29) is 12.5 Å². The lowest BCUT2D eigenvalue weighted by atomic mass is 9.68. The molecular formula is C17H33NO2. The van der Waals surface area contributed by atoms with E-state index in [1.54, 1.807) is 0 Å². The molecule has 0 bridgehead atoms. The molecule has 20 heavy (non-hydrogen) atoms. The fourth-order valence-corrected chi connectivity index (χ4v) is 3.21. The standard InChI is InChI=1S/C17H33NO2/c1-5-6-9-18(10-11-19)13-14-12-15(17(2,3)4)7-8-16(14)20/h14-15,19H,5-13H2,1-4H3. The van der Waals surface area contributed by atoms with Gasteiger partial charge in [0, 0.05) is 25.4 Å². The molecule has 1 fully saturated rings. The molecule has 0 saturated heterocycles. The number of carbonyl (C=O) groups is 1. The lowest BCUT2D eigenvalue weighted by Gasteiger charge is -2.38. The van der Waals surface area contributed by atoms with Gasteiger partial charge >= 0.3 is 0 Å². The van der Waals surface area contributed by atoms with E-state index < -0.39 is 0 Å². The molecule has 1 N–H and O–H groups in total. The molecule has 2 unspecified atom stereocenters. The minimum absolute atomic E-state index is 0.177. The summed E-state index contributed by atoms with van der Waals surface area (Å²) >= 11 is 0. The second-order valence-electron chi connectivity index (χ2n) is 7.38. The van der Waals surface area contributed by atoms with Crippen LogP contribution < -0.4 is 0 Å². The molecule has 0 aromatic heterocycles. The van der Waals surface area contributed by atoms with Gasteiger partial charge in [0.05, 0.1) is 6.61 Å². The Morgan fingerprint density at radius 3 is 2.55 bits per heavy atom. The van der Waals surface area contributed by atoms with Gasteiger partial charge in [0.15, 0.2) is 0 Å². The Labute approximate surface area is 124 Å². The molecule has 1 saturated carbocycles. The molecule has 1 aliphatic rings. The molecule has 3 nitrogen and oxygen atoms in total. The Morgan fingerprint density at radius 2 is 2.00 bits per heavy atom. The van der Waals surface area contributed by atoms with E-state index in [0.29, 0.717) is 23.7 Å². The second kappa shape index (κ2) is 8.14. The van der Waals surface area contributed by atoms with E-state index in [0.717, 1.165) is 45.2 Å². The van der Waals surface area contributed by atoms with E-state index in [4.69, 9.17) is 0 Å². The number of aliphatic hydroxyl groups is 1. The molecule has 0 aromatic carbocycles. The molecular weight excluding hydrogens is 250 g/mol. The zero-order valence-electron chi connectivity index (χ0n) is 13.8. The third-order valence-corrected chi connectivity index (χ3v) is 4.71. The quantitative estimate of drug-likeness (QED) is 0.780. The predicted molar refractivity (Wildman–Crippen MR) is 83.7 cm³/mol. The molecule has 0 spiro atoms. The van der Waals surface area contributed by atoms with Crippen LogP contribution in [0, 0.1) is 17.3 Å². The summed E-state index contributed by atoms with van der Waals surface area (Å²) in [5, 5.41) is 9.19. The van der Waals surface area contributed by atoms with Crippen LogP contribution in [0.1, 0.15) is 59.8 Å². The summed E-state index contributed by atoms with van der Waals surface area (Å²) in [6, 6.07) is 0. The number of carbonyl (C=O) groups excluding carboxylic acids is 1. The number of rotatable bonds is 7. The van der Waals surface area contributed by atoms with E-state index in [1.165, 1.54) is 0 Å². The first-order valence-corrected chi connectivity index (χ1v) is 8.24. The van der Waals surface area contributed by atoms with E-state index in [9.17, 15) is 9.90 Å². The highest BCUT2D eigenvalue weighted by molar-refractivity contribution is 5.82. The summed E-state index contributed by atoms with van der Waals surface area (Å²) in [4.78, 5) is 14.5. The summed E-state index contributed by atoms with van der Waals surface area (Å²) in [6.45, 7) is 11.8. The summed E-state index contributed by atoms with van der Waals surface area (Å²) in [6.07, 6.45) is 5.12. The van der Waals surface area contributed by atoms with Crippen molar-refractivity contribution in [2.45, 2.75) is 59.8 Å². The zero-order valence-corrected chi connectivity index (χ0v) is 13.8. The van der Waals surface area contributed by atoms with Crippen molar-refractivity contribution in [1.29, 1.82) is 0 Å². The second-order valence-corrected chi connectivity index (χ2v) is 7.38. The Morgan fingerprint density at radius 1 is 1.30 bits per heavy atom. The largest absolute Gasteiger partial charge is 0.395 e. The van der Waals surface area contributed by atoms with Gasteiger partial charge in [-0.3, -0.25) is 4.79 Å². The normalized spacial score (nSPS) is 24.4. The van der Waals surface area contributed by atoms with Gasteiger partial charge in [-0.2, -0.15) is 0 Å². The number of Topliss-reactive ketones (excluding diaryl/α,β-unsaturated/α-hetero) is 1. The van der Waals surface area contributed by atoms with Crippen molar-refractivity contribution in [1.82, 2.24) is 4.90 Å². The number of ketones is 1. The van der Waals surface area contributed by atoms with Gasteiger partial charge in [-0.1, -0.05) is 34.1 Å². The number of nitrogens with zero attached hydrogens (tertiary/aromatic N) is 1. The maximum absolute atomic E-state index is 12.2. The monoisotopic (exact) mass is 283 g/mol. The first-order chi connectivity index (χ1) is 9.38. The van der Waals surface area contributed by atoms with Crippen LogP contribution in [-0.4, -0.2) is 42.0 Å². The van der Waals surface area contributed by atoms with Crippen LogP contribution in [0.2, 0.25) is 0 Å². The molecule has 3 heteroatoms. The Kier molecular flexibility index (Phi) is 7.18. The van der Waals surface area contributed by atoms with Crippen molar-refractivity contribution in [2.75, 3.05) is 26.2 Å². The molecule has 1 rings (SSSR count). The highest BCUT2D eigenvalue weighted by atomic mass is 16.3. The molecule has 2 atom stereocenters. The van der Waals surface area contributed by atoms with Crippen molar-refractivity contribution in [3.05, 3.63) is 0 Å². The lowest BCUT2D eigenvalue weighted by molar-refractivity contribution is -0.127. The predicted octanol–water partition coefficient (Wildman–Crippen LogP) is 3.11. The van der Waals surface area contributed by atoms with Crippen LogP contribution in [0.15, 0.2) is 0 Å². The smallest absolute Gasteiger partial charge is 0.137 e. The number of unbranched alkanes of at least 4 members (excludes halogenated alkanes) is 1. The van der Waals surface area contributed by atoms with Crippen LogP contribution in [0.5, 0.6) is 0 Å². The Hall–Kier alpha value is -0.410. The minimum Gasteiger partial charge on any atom is -0.395 e. The summed E-state index contributed by atoms with van der Waals surface area (Å²) in [7, 11) is 0. The molecule has 0 amide bonds. The maximum Gasteiger partial charge on any atom is 0.137 e. The summed E-state index contributed by atoms with van der Waals surface area (Å²) in [5.41, 5.74) is 0.296. The lowest BCUT2D eigenvalue weighted by Crippen LogP contribution is -2.40. The molecule has 0 radical (unpaired) electrons. The highest BCUT2D eigenvalue weighted by Crippen LogP contribution is 2.39. The molecule has 0 aromatic rings. The van der Waals surface area contributed by atoms with Crippen LogP contribution in [0.25, 0.3) is 0 Å². The van der Waals surface area contributed by atoms with Crippen LogP contribution >= 0.6 is 0 Å². The number of aliphatic hydroxyl groups excluding tert-OH is 1. The first-order valence-electron chi connectivity index (χ1n) is 8.24. The highest BCUT2D eigenvalue weighted by Gasteiger charge is 2.35. The average molecular weight is 283 g/mol. The fraction of sp³-hybridized carbons (Fsp3) is 0.941. The van der Waals surface area contributed by atoms with Gasteiger partial charge in [-0.25, -0.2) is 0 Å². The molecule has 1 aliphatic carbocycles. The average Bonchev–Trinajstić information content (AvgIpc) is 2.37. The van der Waals surface area contributed by atoms with E-state index in [1.807, 2.05) is 0 Å². The topological polar surface area (TPSA) is 40.5 Å². The van der Waals surface area contributed by atoms with E-state index >= 15 is 0 Å².